The lowest BCUT2D eigenvalue weighted by Crippen LogP contribution is -2.45. The van der Waals surface area contributed by atoms with E-state index in [0.29, 0.717) is 19.3 Å². The minimum absolute atomic E-state index is 0.0212. The molecular formula is C20H24FNO4S. The molecule has 0 bridgehead atoms. The maximum atomic E-state index is 14.0. The van der Waals surface area contributed by atoms with Gasteiger partial charge in [0.25, 0.3) is 0 Å². The number of hydrogen-bond acceptors (Lipinski definition) is 4. The molecule has 0 atom stereocenters. The maximum Gasteiger partial charge on any atom is 0.245 e. The lowest BCUT2D eigenvalue weighted by Gasteiger charge is -2.40. The van der Waals surface area contributed by atoms with Crippen molar-refractivity contribution in [3.63, 3.8) is 0 Å². The molecular weight excluding hydrogens is 369 g/mol. The first-order chi connectivity index (χ1) is 12.9. The molecule has 0 spiro atoms. The number of aliphatic hydroxyl groups excluding tert-OH is 1. The van der Waals surface area contributed by atoms with Crippen LogP contribution in [0.25, 0.3) is 0 Å². The molecule has 0 amide bonds. The highest BCUT2D eigenvalue weighted by Gasteiger charge is 2.39. The van der Waals surface area contributed by atoms with Gasteiger partial charge in [-0.3, -0.25) is 0 Å². The zero-order valence-corrected chi connectivity index (χ0v) is 16.1. The summed E-state index contributed by atoms with van der Waals surface area (Å²) in [7, 11) is -2.27. The summed E-state index contributed by atoms with van der Waals surface area (Å²) in [6.07, 6.45) is 1.69. The van der Waals surface area contributed by atoms with E-state index in [9.17, 15) is 17.9 Å². The van der Waals surface area contributed by atoms with E-state index in [2.05, 4.69) is 0 Å². The Morgan fingerprint density at radius 2 is 1.74 bits per heavy atom. The molecule has 1 heterocycles. The molecule has 3 rings (SSSR count). The standard InChI is InChI=1S/C20H24FNO4S/c1-26-17-8-6-16(7-9-17)14-20(15-23)10-12-22(13-11-20)27(24,25)19-5-3-2-4-18(19)21/h2-9,23H,10-15H2,1H3. The van der Waals surface area contributed by atoms with Gasteiger partial charge in [-0.25, -0.2) is 12.8 Å². The number of ether oxygens (including phenoxy) is 1. The second-order valence-corrected chi connectivity index (χ2v) is 8.92. The number of hydrogen-bond donors (Lipinski definition) is 1. The van der Waals surface area contributed by atoms with Crippen LogP contribution in [0.15, 0.2) is 53.4 Å². The van der Waals surface area contributed by atoms with E-state index in [4.69, 9.17) is 4.74 Å². The van der Waals surface area contributed by atoms with Gasteiger partial charge >= 0.3 is 0 Å². The van der Waals surface area contributed by atoms with Crippen molar-refractivity contribution in [3.05, 3.63) is 59.9 Å². The minimum Gasteiger partial charge on any atom is -0.497 e. The maximum absolute atomic E-state index is 14.0. The van der Waals surface area contributed by atoms with Crippen LogP contribution < -0.4 is 4.74 Å². The summed E-state index contributed by atoms with van der Waals surface area (Å²) < 4.78 is 45.9. The molecule has 5 nitrogen and oxygen atoms in total. The molecule has 2 aromatic rings. The Balaban J connectivity index is 1.73. The summed E-state index contributed by atoms with van der Waals surface area (Å²) in [5.74, 6) is 0.0253. The number of sulfonamides is 1. The minimum atomic E-state index is -3.87. The Morgan fingerprint density at radius 1 is 1.11 bits per heavy atom. The summed E-state index contributed by atoms with van der Waals surface area (Å²) in [6, 6.07) is 13.1. The van der Waals surface area contributed by atoms with Crippen molar-refractivity contribution in [3.8, 4) is 5.75 Å². The number of halogens is 1. The van der Waals surface area contributed by atoms with E-state index in [1.165, 1.54) is 22.5 Å². The number of nitrogens with zero attached hydrogens (tertiary/aromatic N) is 1. The van der Waals surface area contributed by atoms with Crippen LogP contribution in [0.4, 0.5) is 4.39 Å². The van der Waals surface area contributed by atoms with Crippen molar-refractivity contribution in [1.29, 1.82) is 0 Å². The first-order valence-electron chi connectivity index (χ1n) is 8.89. The van der Waals surface area contributed by atoms with Crippen LogP contribution in [0.2, 0.25) is 0 Å². The quantitative estimate of drug-likeness (QED) is 0.820. The molecule has 0 radical (unpaired) electrons. The third kappa shape index (κ3) is 4.15. The highest BCUT2D eigenvalue weighted by Crippen LogP contribution is 2.37. The molecule has 1 aliphatic rings. The van der Waals surface area contributed by atoms with Crippen molar-refractivity contribution in [1.82, 2.24) is 4.31 Å². The van der Waals surface area contributed by atoms with Gasteiger partial charge in [-0.1, -0.05) is 24.3 Å². The van der Waals surface area contributed by atoms with Crippen molar-refractivity contribution < 1.29 is 22.7 Å². The molecule has 0 unspecified atom stereocenters. The zero-order chi connectivity index (χ0) is 19.5. The van der Waals surface area contributed by atoms with Gasteiger partial charge in [0.1, 0.15) is 16.5 Å². The zero-order valence-electron chi connectivity index (χ0n) is 15.3. The normalized spacial score (nSPS) is 17.6. The average molecular weight is 393 g/mol. The first kappa shape index (κ1) is 19.8. The Bertz CT molecular complexity index is 875. The molecule has 0 saturated carbocycles. The SMILES string of the molecule is COc1ccc(CC2(CO)CCN(S(=O)(=O)c3ccccc3F)CC2)cc1. The molecule has 1 saturated heterocycles. The van der Waals surface area contributed by atoms with Gasteiger partial charge < -0.3 is 9.84 Å². The van der Waals surface area contributed by atoms with Gasteiger partial charge in [0.05, 0.1) is 7.11 Å². The summed E-state index contributed by atoms with van der Waals surface area (Å²) in [5, 5.41) is 10.0. The average Bonchev–Trinajstić information content (AvgIpc) is 2.69. The van der Waals surface area contributed by atoms with E-state index in [0.717, 1.165) is 17.4 Å². The Morgan fingerprint density at radius 3 is 2.30 bits per heavy atom. The largest absolute Gasteiger partial charge is 0.497 e. The third-order valence-electron chi connectivity index (χ3n) is 5.31. The van der Waals surface area contributed by atoms with Gasteiger partial charge in [0.2, 0.25) is 10.0 Å². The fourth-order valence-electron chi connectivity index (χ4n) is 3.56. The first-order valence-corrected chi connectivity index (χ1v) is 10.3. The number of benzene rings is 2. The highest BCUT2D eigenvalue weighted by molar-refractivity contribution is 7.89. The van der Waals surface area contributed by atoms with Crippen molar-refractivity contribution in [2.75, 3.05) is 26.8 Å². The predicted octanol–water partition coefficient (Wildman–Crippen LogP) is 2.84. The van der Waals surface area contributed by atoms with Gasteiger partial charge in [-0.15, -0.1) is 0 Å². The van der Waals surface area contributed by atoms with Crippen LogP contribution in [-0.2, 0) is 16.4 Å². The van der Waals surface area contributed by atoms with E-state index < -0.39 is 15.8 Å². The summed E-state index contributed by atoms with van der Waals surface area (Å²) in [5.41, 5.74) is 0.686. The second-order valence-electron chi connectivity index (χ2n) is 7.02. The summed E-state index contributed by atoms with van der Waals surface area (Å²) in [6.45, 7) is 0.493. The van der Waals surface area contributed by atoms with Crippen LogP contribution in [-0.4, -0.2) is 44.6 Å². The van der Waals surface area contributed by atoms with Crippen LogP contribution in [0, 0.1) is 11.2 Å². The van der Waals surface area contributed by atoms with E-state index >= 15 is 0 Å². The van der Waals surface area contributed by atoms with Gasteiger partial charge in [0, 0.05) is 19.7 Å². The topological polar surface area (TPSA) is 66.8 Å². The van der Waals surface area contributed by atoms with E-state index in [1.807, 2.05) is 24.3 Å². The van der Waals surface area contributed by atoms with Gasteiger partial charge in [-0.2, -0.15) is 4.31 Å². The van der Waals surface area contributed by atoms with Gasteiger partial charge in [0.15, 0.2) is 0 Å². The molecule has 7 heteroatoms. The van der Waals surface area contributed by atoms with Gasteiger partial charge in [-0.05, 0) is 54.5 Å². The fourth-order valence-corrected chi connectivity index (χ4v) is 5.07. The van der Waals surface area contributed by atoms with Crippen molar-refractivity contribution >= 4 is 10.0 Å². The monoisotopic (exact) mass is 393 g/mol. The second kappa shape index (κ2) is 7.96. The smallest absolute Gasteiger partial charge is 0.245 e. The van der Waals surface area contributed by atoms with E-state index in [1.54, 1.807) is 7.11 Å². The fraction of sp³-hybridized carbons (Fsp3) is 0.400. The van der Waals surface area contributed by atoms with Crippen LogP contribution >= 0.6 is 0 Å². The molecule has 0 aromatic heterocycles. The highest BCUT2D eigenvalue weighted by atomic mass is 32.2. The Hall–Kier alpha value is -1.96. The number of piperidine rings is 1. The predicted molar refractivity (Wildman–Crippen MR) is 101 cm³/mol. The van der Waals surface area contributed by atoms with Crippen LogP contribution in [0.5, 0.6) is 5.75 Å². The summed E-state index contributed by atoms with van der Waals surface area (Å²) in [4.78, 5) is -0.295. The molecule has 1 fully saturated rings. The van der Waals surface area contributed by atoms with Crippen molar-refractivity contribution in [2.24, 2.45) is 5.41 Å². The van der Waals surface area contributed by atoms with Crippen LogP contribution in [0.1, 0.15) is 18.4 Å². The molecule has 2 aromatic carbocycles. The third-order valence-corrected chi connectivity index (χ3v) is 7.24. The lowest BCUT2D eigenvalue weighted by atomic mass is 9.75. The van der Waals surface area contributed by atoms with Crippen LogP contribution in [0.3, 0.4) is 0 Å². The number of aliphatic hydroxyl groups is 1. The van der Waals surface area contributed by atoms with E-state index in [-0.39, 0.29) is 30.0 Å². The summed E-state index contributed by atoms with van der Waals surface area (Å²) >= 11 is 0. The lowest BCUT2D eigenvalue weighted by molar-refractivity contribution is 0.0684. The molecule has 1 aliphatic heterocycles. The number of methoxy groups -OCH3 is 1. The Kier molecular flexibility index (Phi) is 5.83. The molecule has 27 heavy (non-hydrogen) atoms. The molecule has 146 valence electrons. The number of rotatable bonds is 6. The molecule has 0 aliphatic carbocycles. The van der Waals surface area contributed by atoms with Crippen molar-refractivity contribution in [2.45, 2.75) is 24.2 Å². The molecule has 1 N–H and O–H groups in total. The Labute approximate surface area is 159 Å².